The fourth-order valence-corrected chi connectivity index (χ4v) is 5.15. The monoisotopic (exact) mass is 507 g/mol. The molecular formula is C29H53N3O4. The largest absolute Gasteiger partial charge is 0.349 e. The third kappa shape index (κ3) is 12.9. The second-order valence-corrected chi connectivity index (χ2v) is 11.4. The molecule has 1 rings (SSSR count). The Morgan fingerprint density at radius 3 is 2.19 bits per heavy atom. The molecule has 0 bridgehead atoms. The zero-order chi connectivity index (χ0) is 26.9. The van der Waals surface area contributed by atoms with Gasteiger partial charge >= 0.3 is 0 Å². The van der Waals surface area contributed by atoms with Gasteiger partial charge in [-0.15, -0.1) is 0 Å². The van der Waals surface area contributed by atoms with Crippen molar-refractivity contribution in [2.75, 3.05) is 14.1 Å². The SMILES string of the molecule is CCCCCCCC1CCCCCCCC(C(=O)N(C)C)C[C@H](C=O)NC(=O)[C@H](CC(C)C)NC1=O. The molecule has 7 nitrogen and oxygen atoms in total. The molecule has 1 aliphatic heterocycles. The van der Waals surface area contributed by atoms with Gasteiger partial charge in [0.05, 0.1) is 6.04 Å². The third-order valence-corrected chi connectivity index (χ3v) is 7.29. The molecule has 36 heavy (non-hydrogen) atoms. The van der Waals surface area contributed by atoms with Crippen molar-refractivity contribution in [1.29, 1.82) is 0 Å². The zero-order valence-corrected chi connectivity index (χ0v) is 23.7. The standard InChI is InChI=1S/C29H53N3O4/c1-6-7-8-10-13-16-23-17-14-11-9-12-15-18-24(29(36)32(4)5)20-25(21-33)30-28(35)26(19-22(2)3)31-27(23)34/h21-26H,6-20H2,1-5H3,(H,30,35)(H,31,34)/t23?,24?,25-,26+/m1/s1. The van der Waals surface area contributed by atoms with Gasteiger partial charge in [-0.25, -0.2) is 0 Å². The number of hydrogen-bond donors (Lipinski definition) is 2. The van der Waals surface area contributed by atoms with Crippen LogP contribution in [0.1, 0.15) is 117 Å². The lowest BCUT2D eigenvalue weighted by atomic mass is 9.90. The van der Waals surface area contributed by atoms with Crippen molar-refractivity contribution in [1.82, 2.24) is 15.5 Å². The Kier molecular flexibility index (Phi) is 16.4. The number of carbonyl (C=O) groups is 4. The van der Waals surface area contributed by atoms with Crippen molar-refractivity contribution in [3.63, 3.8) is 0 Å². The first-order valence-electron chi connectivity index (χ1n) is 14.5. The normalized spacial score (nSPS) is 25.2. The van der Waals surface area contributed by atoms with Gasteiger partial charge in [-0.3, -0.25) is 14.4 Å². The molecule has 2 unspecified atom stereocenters. The van der Waals surface area contributed by atoms with E-state index in [0.717, 1.165) is 64.1 Å². The smallest absolute Gasteiger partial charge is 0.243 e. The molecule has 0 spiro atoms. The van der Waals surface area contributed by atoms with E-state index in [1.54, 1.807) is 19.0 Å². The highest BCUT2D eigenvalue weighted by Gasteiger charge is 2.30. The molecule has 0 radical (unpaired) electrons. The minimum Gasteiger partial charge on any atom is -0.349 e. The van der Waals surface area contributed by atoms with E-state index in [1.165, 1.54) is 19.3 Å². The van der Waals surface area contributed by atoms with E-state index in [0.29, 0.717) is 12.8 Å². The molecule has 3 amide bonds. The van der Waals surface area contributed by atoms with Crippen LogP contribution < -0.4 is 10.6 Å². The van der Waals surface area contributed by atoms with Crippen molar-refractivity contribution in [2.45, 2.75) is 129 Å². The summed E-state index contributed by atoms with van der Waals surface area (Å²) in [6.07, 6.45) is 14.8. The molecule has 4 atom stereocenters. The molecule has 7 heteroatoms. The first-order valence-corrected chi connectivity index (χ1v) is 14.5. The molecule has 0 saturated carbocycles. The van der Waals surface area contributed by atoms with Crippen LogP contribution in [0.4, 0.5) is 0 Å². The van der Waals surface area contributed by atoms with Gasteiger partial charge in [0, 0.05) is 25.9 Å². The molecule has 0 aromatic rings. The second kappa shape index (κ2) is 18.3. The molecule has 1 aliphatic rings. The number of nitrogens with zero attached hydrogens (tertiary/aromatic N) is 1. The van der Waals surface area contributed by atoms with Gasteiger partial charge in [-0.1, -0.05) is 85.0 Å². The topological polar surface area (TPSA) is 95.6 Å². The third-order valence-electron chi connectivity index (χ3n) is 7.29. The number of amides is 3. The van der Waals surface area contributed by atoms with E-state index >= 15 is 0 Å². The summed E-state index contributed by atoms with van der Waals surface area (Å²) in [6.45, 7) is 6.24. The van der Waals surface area contributed by atoms with Crippen molar-refractivity contribution in [3.8, 4) is 0 Å². The van der Waals surface area contributed by atoms with Crippen LogP contribution in [-0.2, 0) is 19.2 Å². The molecule has 0 aliphatic carbocycles. The highest BCUT2D eigenvalue weighted by atomic mass is 16.2. The first kappa shape index (κ1) is 32.1. The van der Waals surface area contributed by atoms with Crippen LogP contribution in [0.3, 0.4) is 0 Å². The maximum absolute atomic E-state index is 13.3. The molecule has 0 aromatic heterocycles. The highest BCUT2D eigenvalue weighted by Crippen LogP contribution is 2.22. The van der Waals surface area contributed by atoms with E-state index in [9.17, 15) is 19.2 Å². The number of aldehydes is 1. The predicted octanol–water partition coefficient (Wildman–Crippen LogP) is 5.02. The highest BCUT2D eigenvalue weighted by molar-refractivity contribution is 5.90. The Hall–Kier alpha value is -1.92. The lowest BCUT2D eigenvalue weighted by Crippen LogP contribution is -2.52. The Morgan fingerprint density at radius 1 is 0.944 bits per heavy atom. The number of rotatable bonds is 10. The molecule has 0 aromatic carbocycles. The van der Waals surface area contributed by atoms with Crippen LogP contribution in [-0.4, -0.2) is 55.1 Å². The minimum absolute atomic E-state index is 0.00831. The van der Waals surface area contributed by atoms with Crippen molar-refractivity contribution >= 4 is 24.0 Å². The van der Waals surface area contributed by atoms with E-state index < -0.39 is 12.1 Å². The van der Waals surface area contributed by atoms with Crippen LogP contribution in [0.15, 0.2) is 0 Å². The summed E-state index contributed by atoms with van der Waals surface area (Å²) in [5.74, 6) is -0.562. The van der Waals surface area contributed by atoms with Gasteiger partial charge in [0.25, 0.3) is 0 Å². The van der Waals surface area contributed by atoms with E-state index in [1.807, 2.05) is 13.8 Å². The average molecular weight is 508 g/mol. The number of unbranched alkanes of at least 4 members (excludes halogenated alkanes) is 4. The van der Waals surface area contributed by atoms with Gasteiger partial charge in [0.15, 0.2) is 0 Å². The van der Waals surface area contributed by atoms with Gasteiger partial charge in [-0.2, -0.15) is 0 Å². The average Bonchev–Trinajstić information content (AvgIpc) is 2.83. The summed E-state index contributed by atoms with van der Waals surface area (Å²) in [6, 6.07) is -1.43. The summed E-state index contributed by atoms with van der Waals surface area (Å²) in [5.41, 5.74) is 0. The lowest BCUT2D eigenvalue weighted by Gasteiger charge is -2.27. The number of carbonyl (C=O) groups excluding carboxylic acids is 4. The summed E-state index contributed by atoms with van der Waals surface area (Å²) in [7, 11) is 3.45. The molecule has 1 heterocycles. The lowest BCUT2D eigenvalue weighted by molar-refractivity contribution is -0.135. The van der Waals surface area contributed by atoms with Crippen LogP contribution in [0.25, 0.3) is 0 Å². The van der Waals surface area contributed by atoms with Gasteiger partial charge in [0.1, 0.15) is 12.3 Å². The van der Waals surface area contributed by atoms with Crippen LogP contribution in [0.5, 0.6) is 0 Å². The fraction of sp³-hybridized carbons (Fsp3) is 0.862. The van der Waals surface area contributed by atoms with E-state index in [2.05, 4.69) is 17.6 Å². The quantitative estimate of drug-likeness (QED) is 0.321. The molecule has 1 saturated heterocycles. The Bertz CT molecular complexity index is 665. The van der Waals surface area contributed by atoms with Gasteiger partial charge in [0.2, 0.25) is 17.7 Å². The summed E-state index contributed by atoms with van der Waals surface area (Å²) >= 11 is 0. The summed E-state index contributed by atoms with van der Waals surface area (Å²) < 4.78 is 0. The fourth-order valence-electron chi connectivity index (χ4n) is 5.15. The minimum atomic E-state index is -0.750. The van der Waals surface area contributed by atoms with Crippen molar-refractivity contribution in [2.24, 2.45) is 17.8 Å². The molecule has 208 valence electrons. The maximum atomic E-state index is 13.3. The van der Waals surface area contributed by atoms with Gasteiger partial charge in [-0.05, 0) is 38.0 Å². The summed E-state index contributed by atoms with van der Waals surface area (Å²) in [5, 5.41) is 5.87. The van der Waals surface area contributed by atoms with Crippen molar-refractivity contribution < 1.29 is 19.2 Å². The van der Waals surface area contributed by atoms with E-state index in [4.69, 9.17) is 0 Å². The van der Waals surface area contributed by atoms with Crippen LogP contribution >= 0.6 is 0 Å². The number of nitrogens with one attached hydrogen (secondary N) is 2. The maximum Gasteiger partial charge on any atom is 0.243 e. The number of hydrogen-bond acceptors (Lipinski definition) is 4. The Balaban J connectivity index is 3.02. The second-order valence-electron chi connectivity index (χ2n) is 11.4. The van der Waals surface area contributed by atoms with E-state index in [-0.39, 0.29) is 41.9 Å². The molecule has 2 N–H and O–H groups in total. The Morgan fingerprint density at radius 2 is 1.58 bits per heavy atom. The molecule has 1 fully saturated rings. The zero-order valence-electron chi connectivity index (χ0n) is 23.7. The van der Waals surface area contributed by atoms with Gasteiger partial charge < -0.3 is 20.3 Å². The summed E-state index contributed by atoms with van der Waals surface area (Å²) in [4.78, 5) is 52.8. The van der Waals surface area contributed by atoms with Crippen molar-refractivity contribution in [3.05, 3.63) is 0 Å². The van der Waals surface area contributed by atoms with Crippen LogP contribution in [0.2, 0.25) is 0 Å². The first-order chi connectivity index (χ1) is 17.2. The Labute approximate surface area is 219 Å². The predicted molar refractivity (Wildman–Crippen MR) is 145 cm³/mol. The van der Waals surface area contributed by atoms with Crippen LogP contribution in [0, 0.1) is 17.8 Å². The molecular weight excluding hydrogens is 454 g/mol.